The van der Waals surface area contributed by atoms with Crippen LogP contribution in [0.25, 0.3) is 0 Å². The summed E-state index contributed by atoms with van der Waals surface area (Å²) in [6, 6.07) is 7.75. The Morgan fingerprint density at radius 1 is 1.00 bits per heavy atom. The smallest absolute Gasteiger partial charge is 0.307 e. The van der Waals surface area contributed by atoms with Crippen molar-refractivity contribution in [2.75, 3.05) is 40.3 Å². The molecular formula is C20H32N2O3. The van der Waals surface area contributed by atoms with E-state index in [2.05, 4.69) is 20.8 Å². The van der Waals surface area contributed by atoms with Crippen LogP contribution in [-0.4, -0.2) is 62.0 Å². The van der Waals surface area contributed by atoms with Crippen LogP contribution in [0.5, 0.6) is 0 Å². The van der Waals surface area contributed by atoms with Gasteiger partial charge in [0.1, 0.15) is 0 Å². The number of amides is 1. The van der Waals surface area contributed by atoms with Gasteiger partial charge in [-0.3, -0.25) is 9.59 Å². The first-order valence-electron chi connectivity index (χ1n) is 8.85. The van der Waals surface area contributed by atoms with Crippen LogP contribution in [0.4, 0.5) is 0 Å². The average molecular weight is 348 g/mol. The van der Waals surface area contributed by atoms with Crippen LogP contribution < -0.4 is 0 Å². The van der Waals surface area contributed by atoms with Crippen LogP contribution >= 0.6 is 0 Å². The standard InChI is InChI=1S/C20H32N2O3/c1-7-25-18(23)12-13-22(15-14-21(5)6)19(24)16-8-10-17(11-9-16)20(2,3)4/h8-11H,7,12-15H2,1-6H3. The lowest BCUT2D eigenvalue weighted by molar-refractivity contribution is -0.143. The molecule has 0 aliphatic rings. The van der Waals surface area contributed by atoms with E-state index in [0.717, 1.165) is 6.54 Å². The maximum absolute atomic E-state index is 12.8. The molecule has 0 aliphatic heterocycles. The molecule has 140 valence electrons. The van der Waals surface area contributed by atoms with Gasteiger partial charge in [0.25, 0.3) is 5.91 Å². The highest BCUT2D eigenvalue weighted by Crippen LogP contribution is 2.22. The molecule has 0 aliphatic carbocycles. The van der Waals surface area contributed by atoms with Gasteiger partial charge in [0.05, 0.1) is 13.0 Å². The van der Waals surface area contributed by atoms with Crippen molar-refractivity contribution in [3.8, 4) is 0 Å². The van der Waals surface area contributed by atoms with Crippen molar-refractivity contribution in [3.63, 3.8) is 0 Å². The summed E-state index contributed by atoms with van der Waals surface area (Å²) in [6.45, 7) is 10.3. The Kier molecular flexibility index (Phi) is 8.10. The largest absolute Gasteiger partial charge is 0.466 e. The van der Waals surface area contributed by atoms with E-state index in [4.69, 9.17) is 4.74 Å². The lowest BCUT2D eigenvalue weighted by Crippen LogP contribution is -2.38. The summed E-state index contributed by atoms with van der Waals surface area (Å²) in [4.78, 5) is 28.2. The molecule has 0 bridgehead atoms. The van der Waals surface area contributed by atoms with Gasteiger partial charge in [0.2, 0.25) is 0 Å². The van der Waals surface area contributed by atoms with E-state index < -0.39 is 0 Å². The maximum Gasteiger partial charge on any atom is 0.307 e. The van der Waals surface area contributed by atoms with Gasteiger partial charge in [0.15, 0.2) is 0 Å². The fourth-order valence-corrected chi connectivity index (χ4v) is 2.39. The van der Waals surface area contributed by atoms with E-state index in [1.165, 1.54) is 5.56 Å². The monoisotopic (exact) mass is 348 g/mol. The van der Waals surface area contributed by atoms with Gasteiger partial charge < -0.3 is 14.5 Å². The van der Waals surface area contributed by atoms with Gasteiger partial charge in [-0.25, -0.2) is 0 Å². The number of carbonyl (C=O) groups excluding carboxylic acids is 2. The summed E-state index contributed by atoms with van der Waals surface area (Å²) in [5.74, 6) is -0.320. The molecule has 25 heavy (non-hydrogen) atoms. The molecule has 0 saturated carbocycles. The zero-order chi connectivity index (χ0) is 19.0. The molecule has 0 radical (unpaired) electrons. The number of carbonyl (C=O) groups is 2. The second kappa shape index (κ2) is 9.56. The number of rotatable bonds is 8. The molecule has 0 aromatic heterocycles. The molecule has 0 N–H and O–H groups in total. The predicted octanol–water partition coefficient (Wildman–Crippen LogP) is 2.94. The van der Waals surface area contributed by atoms with E-state index in [9.17, 15) is 9.59 Å². The Balaban J connectivity index is 2.84. The van der Waals surface area contributed by atoms with Gasteiger partial charge in [0, 0.05) is 25.2 Å². The van der Waals surface area contributed by atoms with Crippen molar-refractivity contribution in [3.05, 3.63) is 35.4 Å². The van der Waals surface area contributed by atoms with E-state index in [1.807, 2.05) is 43.3 Å². The Labute approximate surface area is 151 Å². The van der Waals surface area contributed by atoms with Crippen molar-refractivity contribution >= 4 is 11.9 Å². The van der Waals surface area contributed by atoms with Crippen LogP contribution in [0.2, 0.25) is 0 Å². The van der Waals surface area contributed by atoms with Gasteiger partial charge in [-0.15, -0.1) is 0 Å². The van der Waals surface area contributed by atoms with Crippen molar-refractivity contribution in [2.24, 2.45) is 0 Å². The summed E-state index contributed by atoms with van der Waals surface area (Å²) in [5.41, 5.74) is 1.89. The lowest BCUT2D eigenvalue weighted by Gasteiger charge is -2.25. The number of hydrogen-bond donors (Lipinski definition) is 0. The van der Waals surface area contributed by atoms with Crippen LogP contribution in [0.15, 0.2) is 24.3 Å². The zero-order valence-electron chi connectivity index (χ0n) is 16.5. The normalized spacial score (nSPS) is 11.5. The first-order valence-corrected chi connectivity index (χ1v) is 8.85. The van der Waals surface area contributed by atoms with Crippen molar-refractivity contribution in [2.45, 2.75) is 39.5 Å². The number of esters is 1. The molecule has 0 saturated heterocycles. The van der Waals surface area contributed by atoms with E-state index >= 15 is 0 Å². The Hall–Kier alpha value is -1.88. The third-order valence-corrected chi connectivity index (χ3v) is 3.99. The highest BCUT2D eigenvalue weighted by Gasteiger charge is 2.19. The van der Waals surface area contributed by atoms with Crippen molar-refractivity contribution in [1.82, 2.24) is 9.80 Å². The molecule has 1 aromatic carbocycles. The van der Waals surface area contributed by atoms with Crippen LogP contribution in [0, 0.1) is 0 Å². The van der Waals surface area contributed by atoms with Crippen LogP contribution in [0.1, 0.15) is 50.0 Å². The minimum atomic E-state index is -0.270. The topological polar surface area (TPSA) is 49.9 Å². The first-order chi connectivity index (χ1) is 11.6. The molecule has 0 spiro atoms. The van der Waals surface area contributed by atoms with Gasteiger partial charge >= 0.3 is 5.97 Å². The molecule has 5 heteroatoms. The first kappa shape index (κ1) is 21.2. The number of benzene rings is 1. The summed E-state index contributed by atoms with van der Waals surface area (Å²) >= 11 is 0. The van der Waals surface area contributed by atoms with E-state index in [1.54, 1.807) is 11.8 Å². The maximum atomic E-state index is 12.8. The Morgan fingerprint density at radius 2 is 1.60 bits per heavy atom. The van der Waals surface area contributed by atoms with Gasteiger partial charge in [-0.2, -0.15) is 0 Å². The van der Waals surface area contributed by atoms with E-state index in [0.29, 0.717) is 25.3 Å². The SMILES string of the molecule is CCOC(=O)CCN(CCN(C)C)C(=O)c1ccc(C(C)(C)C)cc1. The van der Waals surface area contributed by atoms with Crippen LogP contribution in [0.3, 0.4) is 0 Å². The molecular weight excluding hydrogens is 316 g/mol. The fraction of sp³-hybridized carbons (Fsp3) is 0.600. The highest BCUT2D eigenvalue weighted by atomic mass is 16.5. The number of nitrogens with zero attached hydrogens (tertiary/aromatic N) is 2. The minimum Gasteiger partial charge on any atom is -0.466 e. The minimum absolute atomic E-state index is 0.0494. The lowest BCUT2D eigenvalue weighted by atomic mass is 9.86. The predicted molar refractivity (Wildman–Crippen MR) is 101 cm³/mol. The second-order valence-corrected chi connectivity index (χ2v) is 7.48. The number of ether oxygens (including phenoxy) is 1. The molecule has 1 amide bonds. The summed E-state index contributed by atoms with van der Waals surface area (Å²) < 4.78 is 4.97. The average Bonchev–Trinajstić information content (AvgIpc) is 2.53. The highest BCUT2D eigenvalue weighted by molar-refractivity contribution is 5.94. The van der Waals surface area contributed by atoms with Crippen molar-refractivity contribution in [1.29, 1.82) is 0 Å². The third-order valence-electron chi connectivity index (χ3n) is 3.99. The third kappa shape index (κ3) is 7.26. The molecule has 1 aromatic rings. The van der Waals surface area contributed by atoms with Gasteiger partial charge in [-0.05, 0) is 44.1 Å². The molecule has 5 nitrogen and oxygen atoms in total. The molecule has 0 unspecified atom stereocenters. The Morgan fingerprint density at radius 3 is 2.08 bits per heavy atom. The van der Waals surface area contributed by atoms with E-state index in [-0.39, 0.29) is 23.7 Å². The summed E-state index contributed by atoms with van der Waals surface area (Å²) in [5, 5.41) is 0. The van der Waals surface area contributed by atoms with Gasteiger partial charge in [-0.1, -0.05) is 32.9 Å². The van der Waals surface area contributed by atoms with Crippen LogP contribution in [-0.2, 0) is 14.9 Å². The number of likely N-dealkylation sites (N-methyl/N-ethyl adjacent to an activating group) is 1. The zero-order valence-corrected chi connectivity index (χ0v) is 16.5. The Bertz CT molecular complexity index is 559. The van der Waals surface area contributed by atoms with Crippen molar-refractivity contribution < 1.29 is 14.3 Å². The quantitative estimate of drug-likeness (QED) is 0.678. The molecule has 0 atom stereocenters. The fourth-order valence-electron chi connectivity index (χ4n) is 2.39. The number of hydrogen-bond acceptors (Lipinski definition) is 4. The summed E-state index contributed by atoms with van der Waals surface area (Å²) in [6.07, 6.45) is 0.215. The summed E-state index contributed by atoms with van der Waals surface area (Å²) in [7, 11) is 3.93. The molecule has 1 rings (SSSR count). The second-order valence-electron chi connectivity index (χ2n) is 7.48. The molecule has 0 heterocycles. The molecule has 0 fully saturated rings.